The zero-order valence-electron chi connectivity index (χ0n) is 16.6. The Morgan fingerprint density at radius 1 is 0.900 bits per heavy atom. The molecule has 0 aliphatic heterocycles. The maximum Gasteiger partial charge on any atom is 0.262 e. The SMILES string of the molecule is CN/N=C(/c1ccccc1)c1oc2ccccc2c1NS(=O)(=O)c1ccc(C)cc1. The van der Waals surface area contributed by atoms with Gasteiger partial charge in [0.2, 0.25) is 0 Å². The van der Waals surface area contributed by atoms with E-state index in [2.05, 4.69) is 15.2 Å². The van der Waals surface area contributed by atoms with Crippen molar-refractivity contribution in [3.8, 4) is 0 Å². The lowest BCUT2D eigenvalue weighted by Gasteiger charge is -2.11. The predicted octanol–water partition coefficient (Wildman–Crippen LogP) is 4.51. The Morgan fingerprint density at radius 3 is 2.27 bits per heavy atom. The van der Waals surface area contributed by atoms with Crippen molar-refractivity contribution in [2.45, 2.75) is 11.8 Å². The third-order valence-electron chi connectivity index (χ3n) is 4.65. The molecule has 30 heavy (non-hydrogen) atoms. The minimum atomic E-state index is -3.83. The van der Waals surface area contributed by atoms with Crippen LogP contribution in [0.15, 0.2) is 93.3 Å². The molecule has 0 unspecified atom stereocenters. The summed E-state index contributed by atoms with van der Waals surface area (Å²) in [5.74, 6) is 0.340. The first-order valence-corrected chi connectivity index (χ1v) is 10.9. The Kier molecular flexibility index (Phi) is 5.29. The number of aryl methyl sites for hydroxylation is 1. The molecule has 0 saturated carbocycles. The van der Waals surface area contributed by atoms with E-state index in [-0.39, 0.29) is 4.90 Å². The van der Waals surface area contributed by atoms with Crippen molar-refractivity contribution < 1.29 is 12.8 Å². The molecule has 2 N–H and O–H groups in total. The fourth-order valence-electron chi connectivity index (χ4n) is 3.18. The van der Waals surface area contributed by atoms with Crippen LogP contribution in [0, 0.1) is 6.92 Å². The van der Waals surface area contributed by atoms with Gasteiger partial charge in [-0.25, -0.2) is 8.42 Å². The normalized spacial score (nSPS) is 12.1. The molecular weight excluding hydrogens is 398 g/mol. The average molecular weight is 420 g/mol. The van der Waals surface area contributed by atoms with Crippen molar-refractivity contribution in [1.29, 1.82) is 0 Å². The molecule has 4 rings (SSSR count). The smallest absolute Gasteiger partial charge is 0.262 e. The molecule has 0 saturated heterocycles. The second kappa shape index (κ2) is 8.04. The number of hydrazone groups is 1. The fraction of sp³-hybridized carbons (Fsp3) is 0.0870. The minimum Gasteiger partial charge on any atom is -0.452 e. The maximum atomic E-state index is 13.1. The highest BCUT2D eigenvalue weighted by Crippen LogP contribution is 2.34. The topological polar surface area (TPSA) is 83.7 Å². The van der Waals surface area contributed by atoms with Crippen LogP contribution in [-0.2, 0) is 10.0 Å². The molecule has 6 nitrogen and oxygen atoms in total. The van der Waals surface area contributed by atoms with Crippen molar-refractivity contribution in [3.05, 3.63) is 95.7 Å². The van der Waals surface area contributed by atoms with E-state index in [1.54, 1.807) is 37.4 Å². The lowest BCUT2D eigenvalue weighted by molar-refractivity contribution is 0.597. The molecule has 7 heteroatoms. The van der Waals surface area contributed by atoms with E-state index in [0.717, 1.165) is 11.1 Å². The van der Waals surface area contributed by atoms with Crippen LogP contribution in [0.4, 0.5) is 5.69 Å². The standard InChI is InChI=1S/C23H21N3O3S/c1-16-12-14-18(15-13-16)30(27,28)26-22-19-10-6-7-11-20(19)29-23(22)21(25-24-2)17-8-4-3-5-9-17/h3-15,24,26H,1-2H3/b25-21-. The van der Waals surface area contributed by atoms with Gasteiger partial charge < -0.3 is 9.84 Å². The third-order valence-corrected chi connectivity index (χ3v) is 6.01. The van der Waals surface area contributed by atoms with E-state index in [4.69, 9.17) is 4.42 Å². The van der Waals surface area contributed by atoms with Crippen molar-refractivity contribution in [2.24, 2.45) is 5.10 Å². The number of hydrogen-bond acceptors (Lipinski definition) is 5. The summed E-state index contributed by atoms with van der Waals surface area (Å²) < 4.78 is 35.0. The van der Waals surface area contributed by atoms with Gasteiger partial charge in [0.1, 0.15) is 17.0 Å². The van der Waals surface area contributed by atoms with Gasteiger partial charge in [0.25, 0.3) is 10.0 Å². The van der Waals surface area contributed by atoms with E-state index >= 15 is 0 Å². The molecule has 3 aromatic carbocycles. The highest BCUT2D eigenvalue weighted by Gasteiger charge is 2.25. The highest BCUT2D eigenvalue weighted by atomic mass is 32.2. The van der Waals surface area contributed by atoms with Gasteiger partial charge in [0, 0.05) is 18.0 Å². The van der Waals surface area contributed by atoms with Crippen LogP contribution in [0.5, 0.6) is 0 Å². The van der Waals surface area contributed by atoms with Crippen LogP contribution in [0.1, 0.15) is 16.9 Å². The molecule has 0 spiro atoms. The average Bonchev–Trinajstić information content (AvgIpc) is 3.10. The number of para-hydroxylation sites is 1. The summed E-state index contributed by atoms with van der Waals surface area (Å²) in [4.78, 5) is 0.177. The number of sulfonamides is 1. The molecular formula is C23H21N3O3S. The van der Waals surface area contributed by atoms with Gasteiger partial charge in [0.15, 0.2) is 5.76 Å². The highest BCUT2D eigenvalue weighted by molar-refractivity contribution is 7.92. The van der Waals surface area contributed by atoms with E-state index in [1.807, 2.05) is 55.5 Å². The van der Waals surface area contributed by atoms with E-state index in [0.29, 0.717) is 28.1 Å². The summed E-state index contributed by atoms with van der Waals surface area (Å²) in [5, 5.41) is 5.03. The van der Waals surface area contributed by atoms with Gasteiger partial charge in [-0.1, -0.05) is 60.2 Å². The first kappa shape index (κ1) is 19.7. The monoisotopic (exact) mass is 419 g/mol. The second-order valence-electron chi connectivity index (χ2n) is 6.77. The summed E-state index contributed by atoms with van der Waals surface area (Å²) in [6.07, 6.45) is 0. The van der Waals surface area contributed by atoms with Crippen LogP contribution < -0.4 is 10.1 Å². The van der Waals surface area contributed by atoms with Crippen molar-refractivity contribution in [2.75, 3.05) is 11.8 Å². The maximum absolute atomic E-state index is 13.1. The zero-order valence-corrected chi connectivity index (χ0v) is 17.4. The van der Waals surface area contributed by atoms with E-state index < -0.39 is 10.0 Å². The molecule has 1 aromatic heterocycles. The Bertz CT molecular complexity index is 1310. The Morgan fingerprint density at radius 2 is 1.57 bits per heavy atom. The van der Waals surface area contributed by atoms with E-state index in [1.165, 1.54) is 0 Å². The van der Waals surface area contributed by atoms with Crippen LogP contribution in [0.25, 0.3) is 11.0 Å². The van der Waals surface area contributed by atoms with Gasteiger partial charge in [-0.2, -0.15) is 5.10 Å². The molecule has 0 fully saturated rings. The van der Waals surface area contributed by atoms with Crippen molar-refractivity contribution in [1.82, 2.24) is 5.43 Å². The zero-order chi connectivity index (χ0) is 21.1. The number of fused-ring (bicyclic) bond motifs is 1. The first-order chi connectivity index (χ1) is 14.5. The Labute approximate surface area is 175 Å². The number of rotatable bonds is 6. The number of benzene rings is 3. The quantitative estimate of drug-likeness (QED) is 0.356. The largest absolute Gasteiger partial charge is 0.452 e. The Hall–Kier alpha value is -3.58. The molecule has 152 valence electrons. The van der Waals surface area contributed by atoms with Crippen molar-refractivity contribution >= 4 is 32.4 Å². The van der Waals surface area contributed by atoms with Gasteiger partial charge in [0.05, 0.1) is 4.90 Å². The molecule has 0 bridgehead atoms. The molecule has 0 aliphatic carbocycles. The molecule has 0 radical (unpaired) electrons. The molecule has 4 aromatic rings. The van der Waals surface area contributed by atoms with Gasteiger partial charge in [-0.3, -0.25) is 4.72 Å². The van der Waals surface area contributed by atoms with Gasteiger partial charge >= 0.3 is 0 Å². The Balaban J connectivity index is 1.89. The summed E-state index contributed by atoms with van der Waals surface area (Å²) in [6, 6.07) is 23.4. The third kappa shape index (κ3) is 3.79. The fourth-order valence-corrected chi connectivity index (χ4v) is 4.26. The van der Waals surface area contributed by atoms with E-state index in [9.17, 15) is 8.42 Å². The molecule has 0 atom stereocenters. The van der Waals surface area contributed by atoms with Gasteiger partial charge in [-0.05, 0) is 31.2 Å². The van der Waals surface area contributed by atoms with Crippen LogP contribution in [0.2, 0.25) is 0 Å². The van der Waals surface area contributed by atoms with Crippen LogP contribution >= 0.6 is 0 Å². The van der Waals surface area contributed by atoms with Crippen molar-refractivity contribution in [3.63, 3.8) is 0 Å². The molecule has 0 amide bonds. The summed E-state index contributed by atoms with van der Waals surface area (Å²) >= 11 is 0. The lowest BCUT2D eigenvalue weighted by atomic mass is 10.1. The number of furan rings is 1. The number of anilines is 1. The number of hydrogen-bond donors (Lipinski definition) is 2. The summed E-state index contributed by atoms with van der Waals surface area (Å²) in [5.41, 5.74) is 5.97. The molecule has 1 heterocycles. The summed E-state index contributed by atoms with van der Waals surface area (Å²) in [7, 11) is -2.15. The second-order valence-corrected chi connectivity index (χ2v) is 8.45. The minimum absolute atomic E-state index is 0.177. The number of nitrogens with zero attached hydrogens (tertiary/aromatic N) is 1. The lowest BCUT2D eigenvalue weighted by Crippen LogP contribution is -2.16. The first-order valence-electron chi connectivity index (χ1n) is 9.41. The molecule has 0 aliphatic rings. The van der Waals surface area contributed by atoms with Gasteiger partial charge in [-0.15, -0.1) is 0 Å². The predicted molar refractivity (Wildman–Crippen MR) is 119 cm³/mol. The van der Waals surface area contributed by atoms with Crippen LogP contribution in [-0.4, -0.2) is 21.2 Å². The summed E-state index contributed by atoms with van der Waals surface area (Å²) in [6.45, 7) is 1.91. The number of nitrogens with one attached hydrogen (secondary N) is 2. The van der Waals surface area contributed by atoms with Crippen LogP contribution in [0.3, 0.4) is 0 Å².